The molecule has 1 aromatic heterocycles. The molecule has 0 bridgehead atoms. The number of likely N-dealkylation sites (tertiary alicyclic amines) is 1. The van der Waals surface area contributed by atoms with Crippen molar-refractivity contribution >= 4 is 23.6 Å². The van der Waals surface area contributed by atoms with Crippen LogP contribution >= 0.6 is 0 Å². The molecule has 2 aliphatic rings. The highest BCUT2D eigenvalue weighted by atomic mass is 16.5. The van der Waals surface area contributed by atoms with Crippen LogP contribution in [-0.2, 0) is 0 Å². The van der Waals surface area contributed by atoms with Crippen LogP contribution in [0.15, 0.2) is 78.8 Å². The van der Waals surface area contributed by atoms with Gasteiger partial charge in [-0.1, -0.05) is 60.7 Å². The van der Waals surface area contributed by atoms with Crippen molar-refractivity contribution in [3.05, 3.63) is 107 Å². The molecule has 5 heteroatoms. The van der Waals surface area contributed by atoms with E-state index in [4.69, 9.17) is 0 Å². The molecule has 0 radical (unpaired) electrons. The highest BCUT2D eigenvalue weighted by molar-refractivity contribution is 5.95. The second-order valence-corrected chi connectivity index (χ2v) is 8.44. The Hall–Kier alpha value is -3.70. The van der Waals surface area contributed by atoms with Crippen molar-refractivity contribution < 1.29 is 10.0 Å². The number of aromatic nitrogens is 1. The summed E-state index contributed by atoms with van der Waals surface area (Å²) in [5.74, 6) is -0.405. The monoisotopic (exact) mass is 437 g/mol. The molecular weight excluding hydrogens is 410 g/mol. The molecular formula is C28H27N3O2. The maximum atomic E-state index is 12.6. The van der Waals surface area contributed by atoms with Crippen molar-refractivity contribution in [3.63, 3.8) is 0 Å². The van der Waals surface area contributed by atoms with Crippen molar-refractivity contribution in [3.8, 4) is 0 Å². The van der Waals surface area contributed by atoms with Crippen LogP contribution in [0.2, 0.25) is 0 Å². The van der Waals surface area contributed by atoms with Crippen molar-refractivity contribution in [2.45, 2.75) is 19.3 Å². The Balaban J connectivity index is 1.49. The Morgan fingerprint density at radius 3 is 2.21 bits per heavy atom. The van der Waals surface area contributed by atoms with Gasteiger partial charge in [0.15, 0.2) is 0 Å². The molecule has 3 aromatic rings. The molecule has 1 saturated heterocycles. The molecule has 2 heterocycles. The number of allylic oxidation sites excluding steroid dienone is 1. The van der Waals surface area contributed by atoms with E-state index in [9.17, 15) is 10.0 Å². The zero-order chi connectivity index (χ0) is 22.6. The van der Waals surface area contributed by atoms with Gasteiger partial charge in [0.1, 0.15) is 0 Å². The molecule has 5 nitrogen and oxygen atoms in total. The smallest absolute Gasteiger partial charge is 0.277 e. The Labute approximate surface area is 194 Å². The fourth-order valence-electron chi connectivity index (χ4n) is 4.75. The number of rotatable bonds is 4. The van der Waals surface area contributed by atoms with Gasteiger partial charge in [0.05, 0.1) is 6.54 Å². The summed E-state index contributed by atoms with van der Waals surface area (Å²) in [5, 5.41) is 11.3. The van der Waals surface area contributed by atoms with E-state index in [2.05, 4.69) is 70.6 Å². The minimum Gasteiger partial charge on any atom is -0.372 e. The van der Waals surface area contributed by atoms with Crippen molar-refractivity contribution in [1.82, 2.24) is 14.9 Å². The van der Waals surface area contributed by atoms with Crippen LogP contribution in [0.3, 0.4) is 0 Å². The summed E-state index contributed by atoms with van der Waals surface area (Å²) in [6, 6.07) is 20.3. The minimum absolute atomic E-state index is 0.236. The van der Waals surface area contributed by atoms with Crippen LogP contribution in [-0.4, -0.2) is 45.7 Å². The maximum absolute atomic E-state index is 12.6. The molecule has 166 valence electrons. The first-order valence-electron chi connectivity index (χ1n) is 11.5. The number of pyridine rings is 1. The number of benzene rings is 2. The number of carbonyl (C=O) groups excluding carboxylic acids is 1. The second-order valence-electron chi connectivity index (χ2n) is 8.44. The fraction of sp³-hybridized carbons (Fsp3) is 0.214. The second kappa shape index (κ2) is 9.43. The van der Waals surface area contributed by atoms with E-state index in [1.165, 1.54) is 33.5 Å². The van der Waals surface area contributed by atoms with Gasteiger partial charge in [0.25, 0.3) is 5.91 Å². The van der Waals surface area contributed by atoms with E-state index in [0.717, 1.165) is 30.9 Å². The Morgan fingerprint density at radius 2 is 1.55 bits per heavy atom. The first kappa shape index (κ1) is 21.2. The molecule has 5 rings (SSSR count). The van der Waals surface area contributed by atoms with Gasteiger partial charge < -0.3 is 4.90 Å². The Bertz CT molecular complexity index is 1170. The van der Waals surface area contributed by atoms with Crippen LogP contribution in [0.4, 0.5) is 0 Å². The Morgan fingerprint density at radius 1 is 0.909 bits per heavy atom. The van der Waals surface area contributed by atoms with Gasteiger partial charge >= 0.3 is 0 Å². The number of hydrogen-bond donors (Lipinski definition) is 1. The number of hydroxylamine groups is 2. The average Bonchev–Trinajstić information content (AvgIpc) is 3.04. The van der Waals surface area contributed by atoms with Gasteiger partial charge in [-0.2, -0.15) is 0 Å². The van der Waals surface area contributed by atoms with Gasteiger partial charge in [-0.25, -0.2) is 5.06 Å². The number of carbonyl (C=O) groups is 1. The van der Waals surface area contributed by atoms with E-state index in [1.54, 1.807) is 24.5 Å². The molecule has 1 amide bonds. The minimum atomic E-state index is -0.405. The first-order valence-corrected chi connectivity index (χ1v) is 11.5. The fourth-order valence-corrected chi connectivity index (χ4v) is 4.75. The van der Waals surface area contributed by atoms with Gasteiger partial charge in [-0.15, -0.1) is 0 Å². The van der Waals surface area contributed by atoms with E-state index >= 15 is 0 Å². The average molecular weight is 438 g/mol. The third kappa shape index (κ3) is 4.32. The van der Waals surface area contributed by atoms with Gasteiger partial charge in [0.2, 0.25) is 0 Å². The summed E-state index contributed by atoms with van der Waals surface area (Å²) in [7, 11) is 0. The summed E-state index contributed by atoms with van der Waals surface area (Å²) in [4.78, 5) is 18.9. The molecule has 1 aliphatic carbocycles. The van der Waals surface area contributed by atoms with Crippen LogP contribution in [0.25, 0.3) is 17.7 Å². The summed E-state index contributed by atoms with van der Waals surface area (Å²) < 4.78 is 0. The molecule has 0 atom stereocenters. The largest absolute Gasteiger partial charge is 0.372 e. The first-order chi connectivity index (χ1) is 16.2. The van der Waals surface area contributed by atoms with Crippen LogP contribution in [0.5, 0.6) is 0 Å². The number of nitrogens with zero attached hydrogens (tertiary/aromatic N) is 3. The van der Waals surface area contributed by atoms with Gasteiger partial charge in [0, 0.05) is 42.3 Å². The zero-order valence-electron chi connectivity index (χ0n) is 18.5. The molecule has 0 unspecified atom stereocenters. The van der Waals surface area contributed by atoms with Crippen LogP contribution < -0.4 is 0 Å². The van der Waals surface area contributed by atoms with Gasteiger partial charge in [-0.3, -0.25) is 15.0 Å². The lowest BCUT2D eigenvalue weighted by Crippen LogP contribution is -2.38. The maximum Gasteiger partial charge on any atom is 0.277 e. The summed E-state index contributed by atoms with van der Waals surface area (Å²) in [5.41, 5.74) is 7.85. The lowest BCUT2D eigenvalue weighted by Gasteiger charge is -2.35. The highest BCUT2D eigenvalue weighted by Crippen LogP contribution is 2.39. The molecule has 0 spiro atoms. The third-order valence-electron chi connectivity index (χ3n) is 6.41. The molecule has 33 heavy (non-hydrogen) atoms. The van der Waals surface area contributed by atoms with Gasteiger partial charge in [-0.05, 0) is 53.6 Å². The van der Waals surface area contributed by atoms with E-state index < -0.39 is 5.91 Å². The molecule has 1 aliphatic heterocycles. The number of piperidine rings is 1. The molecule has 2 aromatic carbocycles. The third-order valence-corrected chi connectivity index (χ3v) is 6.41. The van der Waals surface area contributed by atoms with E-state index in [0.29, 0.717) is 12.1 Å². The normalized spacial score (nSPS) is 15.0. The topological polar surface area (TPSA) is 56.7 Å². The quantitative estimate of drug-likeness (QED) is 0.346. The highest BCUT2D eigenvalue weighted by Gasteiger charge is 2.25. The van der Waals surface area contributed by atoms with Crippen LogP contribution in [0, 0.1) is 0 Å². The SMILES string of the molecule is O=C(c1ccncc1)N(O)CCN1CCCCC1=C1c2ccccc2C=Cc2ccccc21. The van der Waals surface area contributed by atoms with Crippen molar-refractivity contribution in [1.29, 1.82) is 0 Å². The molecule has 1 fully saturated rings. The molecule has 1 N–H and O–H groups in total. The van der Waals surface area contributed by atoms with Crippen molar-refractivity contribution in [2.24, 2.45) is 0 Å². The summed E-state index contributed by atoms with van der Waals surface area (Å²) in [6.07, 6.45) is 10.7. The van der Waals surface area contributed by atoms with Crippen molar-refractivity contribution in [2.75, 3.05) is 19.6 Å². The predicted molar refractivity (Wildman–Crippen MR) is 130 cm³/mol. The van der Waals surface area contributed by atoms with Crippen LogP contribution in [0.1, 0.15) is 51.9 Å². The molecule has 0 saturated carbocycles. The number of hydrogen-bond acceptors (Lipinski definition) is 4. The van der Waals surface area contributed by atoms with E-state index in [1.807, 2.05) is 0 Å². The van der Waals surface area contributed by atoms with E-state index in [-0.39, 0.29) is 6.54 Å². The number of amides is 1. The summed E-state index contributed by atoms with van der Waals surface area (Å²) >= 11 is 0. The lowest BCUT2D eigenvalue weighted by atomic mass is 9.89. The standard InChI is InChI=1S/C28H27N3O2/c32-28(23-14-16-29-17-15-23)31(33)20-19-30-18-6-5-11-26(30)27-24-9-3-1-7-21(24)12-13-22-8-2-4-10-25(22)27/h1-4,7-10,12-17,33H,5-6,11,18-20H2. The number of fused-ring (bicyclic) bond motifs is 2. The lowest BCUT2D eigenvalue weighted by molar-refractivity contribution is -0.0612. The Kier molecular flexibility index (Phi) is 6.05. The predicted octanol–water partition coefficient (Wildman–Crippen LogP) is 5.34. The zero-order valence-corrected chi connectivity index (χ0v) is 18.5. The summed E-state index contributed by atoms with van der Waals surface area (Å²) in [6.45, 7) is 1.72.